The summed E-state index contributed by atoms with van der Waals surface area (Å²) in [5, 5.41) is 11.9. The zero-order valence-electron chi connectivity index (χ0n) is 14.1. The first-order chi connectivity index (χ1) is 12.0. The van der Waals surface area contributed by atoms with Gasteiger partial charge in [0.25, 0.3) is 0 Å². The fourth-order valence-corrected chi connectivity index (χ4v) is 3.10. The predicted molar refractivity (Wildman–Crippen MR) is 94.0 cm³/mol. The molecule has 2 aromatic carbocycles. The van der Waals surface area contributed by atoms with E-state index in [-0.39, 0.29) is 23.4 Å². The fraction of sp³-hybridized carbons (Fsp3) is 0.300. The van der Waals surface area contributed by atoms with E-state index in [9.17, 15) is 9.59 Å². The van der Waals surface area contributed by atoms with Crippen LogP contribution in [0.1, 0.15) is 40.7 Å². The van der Waals surface area contributed by atoms with Gasteiger partial charge in [0.2, 0.25) is 5.91 Å². The molecule has 3 rings (SSSR count). The van der Waals surface area contributed by atoms with Crippen LogP contribution in [-0.2, 0) is 11.2 Å². The van der Waals surface area contributed by atoms with Crippen LogP contribution in [0.15, 0.2) is 48.5 Å². The number of fused-ring (bicyclic) bond motifs is 1. The third-order valence-corrected chi connectivity index (χ3v) is 4.57. The first-order valence-corrected chi connectivity index (χ1v) is 8.38. The number of carbonyl (C=O) groups is 2. The molecule has 1 aliphatic heterocycles. The van der Waals surface area contributed by atoms with Gasteiger partial charge in [0.1, 0.15) is 5.75 Å². The van der Waals surface area contributed by atoms with Gasteiger partial charge in [-0.2, -0.15) is 0 Å². The average molecular weight is 339 g/mol. The molecule has 1 amide bonds. The lowest BCUT2D eigenvalue weighted by Crippen LogP contribution is -2.37. The van der Waals surface area contributed by atoms with E-state index in [1.54, 1.807) is 24.3 Å². The van der Waals surface area contributed by atoms with E-state index in [1.165, 1.54) is 0 Å². The van der Waals surface area contributed by atoms with Gasteiger partial charge < -0.3 is 15.2 Å². The van der Waals surface area contributed by atoms with Crippen molar-refractivity contribution in [2.24, 2.45) is 0 Å². The highest BCUT2D eigenvalue weighted by atomic mass is 16.5. The molecule has 1 heterocycles. The van der Waals surface area contributed by atoms with Crippen LogP contribution in [0.5, 0.6) is 5.75 Å². The molecule has 0 fully saturated rings. The Morgan fingerprint density at radius 1 is 1.20 bits per heavy atom. The second-order valence-electron chi connectivity index (χ2n) is 6.31. The summed E-state index contributed by atoms with van der Waals surface area (Å²) in [6.07, 6.45) is 0.947. The van der Waals surface area contributed by atoms with Gasteiger partial charge in [0.15, 0.2) is 0 Å². The number of hydrogen-bond donors (Lipinski definition) is 2. The molecule has 0 radical (unpaired) electrons. The summed E-state index contributed by atoms with van der Waals surface area (Å²) in [7, 11) is 0. The van der Waals surface area contributed by atoms with Crippen LogP contribution >= 0.6 is 0 Å². The first-order valence-electron chi connectivity index (χ1n) is 8.38. The molecule has 25 heavy (non-hydrogen) atoms. The maximum absolute atomic E-state index is 12.2. The lowest BCUT2D eigenvalue weighted by molar-refractivity contribution is -0.121. The van der Waals surface area contributed by atoms with Crippen LogP contribution in [-0.4, -0.2) is 29.6 Å². The van der Waals surface area contributed by atoms with Crippen molar-refractivity contribution < 1.29 is 19.4 Å². The van der Waals surface area contributed by atoms with Crippen LogP contribution in [0.25, 0.3) is 0 Å². The van der Waals surface area contributed by atoms with E-state index in [4.69, 9.17) is 9.84 Å². The predicted octanol–water partition coefficient (Wildman–Crippen LogP) is 3.00. The first kappa shape index (κ1) is 17.0. The Morgan fingerprint density at radius 3 is 2.64 bits per heavy atom. The normalized spacial score (nSPS) is 16.6. The summed E-state index contributed by atoms with van der Waals surface area (Å²) in [6, 6.07) is 14.5. The minimum atomic E-state index is -0.947. The van der Waals surface area contributed by atoms with Crippen molar-refractivity contribution in [3.8, 4) is 5.75 Å². The monoisotopic (exact) mass is 339 g/mol. The van der Waals surface area contributed by atoms with E-state index in [1.807, 2.05) is 31.2 Å². The van der Waals surface area contributed by atoms with Crippen molar-refractivity contribution in [2.75, 3.05) is 6.61 Å². The van der Waals surface area contributed by atoms with E-state index >= 15 is 0 Å². The number of nitrogens with one attached hydrogen (secondary N) is 1. The molecule has 130 valence electrons. The summed E-state index contributed by atoms with van der Waals surface area (Å²) < 4.78 is 5.67. The van der Waals surface area contributed by atoms with Gasteiger partial charge in [-0.05, 0) is 37.1 Å². The number of carbonyl (C=O) groups excluding carboxylic acids is 1. The van der Waals surface area contributed by atoms with Gasteiger partial charge >= 0.3 is 5.97 Å². The minimum Gasteiger partial charge on any atom is -0.493 e. The molecule has 2 aromatic rings. The molecule has 0 aliphatic carbocycles. The van der Waals surface area contributed by atoms with E-state index in [0.717, 1.165) is 16.9 Å². The minimum absolute atomic E-state index is 0.00876. The number of amides is 1. The fourth-order valence-electron chi connectivity index (χ4n) is 3.10. The Bertz CT molecular complexity index is 770. The number of rotatable bonds is 6. The van der Waals surface area contributed by atoms with Gasteiger partial charge in [-0.3, -0.25) is 4.79 Å². The smallest absolute Gasteiger partial charge is 0.335 e. The zero-order valence-corrected chi connectivity index (χ0v) is 14.1. The van der Waals surface area contributed by atoms with Crippen LogP contribution in [0, 0.1) is 0 Å². The summed E-state index contributed by atoms with van der Waals surface area (Å²) in [5.41, 5.74) is 2.34. The van der Waals surface area contributed by atoms with Crippen molar-refractivity contribution in [3.63, 3.8) is 0 Å². The molecule has 0 spiro atoms. The molecule has 0 aromatic heterocycles. The second kappa shape index (κ2) is 7.38. The van der Waals surface area contributed by atoms with Gasteiger partial charge in [0, 0.05) is 23.9 Å². The lowest BCUT2D eigenvalue weighted by atomic mass is 9.94. The molecule has 5 heteroatoms. The number of para-hydroxylation sites is 1. The molecule has 5 nitrogen and oxygen atoms in total. The topological polar surface area (TPSA) is 75.6 Å². The van der Waals surface area contributed by atoms with Gasteiger partial charge in [0.05, 0.1) is 12.2 Å². The number of benzene rings is 2. The third-order valence-electron chi connectivity index (χ3n) is 4.57. The standard InChI is InChI=1S/C20H21NO4/c1-13(17-12-25-18-5-3-2-4-16(17)18)21-19(22)11-8-14-6-9-15(10-7-14)20(23)24/h2-7,9-10,13,17H,8,11-12H2,1H3,(H,21,22)(H,23,24)/t13-,17-/m1/s1. The van der Waals surface area contributed by atoms with Gasteiger partial charge in [-0.1, -0.05) is 30.3 Å². The van der Waals surface area contributed by atoms with Crippen LogP contribution < -0.4 is 10.1 Å². The maximum atomic E-state index is 12.2. The number of ether oxygens (including phenoxy) is 1. The van der Waals surface area contributed by atoms with Gasteiger partial charge in [-0.15, -0.1) is 0 Å². The summed E-state index contributed by atoms with van der Waals surface area (Å²) in [4.78, 5) is 23.1. The number of carboxylic acids is 1. The maximum Gasteiger partial charge on any atom is 0.335 e. The van der Waals surface area contributed by atoms with Crippen molar-refractivity contribution >= 4 is 11.9 Å². The van der Waals surface area contributed by atoms with Crippen molar-refractivity contribution in [1.29, 1.82) is 0 Å². The quantitative estimate of drug-likeness (QED) is 0.848. The Labute approximate surface area is 146 Å². The van der Waals surface area contributed by atoms with Gasteiger partial charge in [-0.25, -0.2) is 4.79 Å². The third kappa shape index (κ3) is 3.99. The largest absolute Gasteiger partial charge is 0.493 e. The molecular weight excluding hydrogens is 318 g/mol. The Balaban J connectivity index is 1.52. The average Bonchev–Trinajstić information content (AvgIpc) is 3.04. The Hall–Kier alpha value is -2.82. The number of aromatic carboxylic acids is 1. The molecule has 2 atom stereocenters. The number of aryl methyl sites for hydroxylation is 1. The molecular formula is C20H21NO4. The molecule has 0 saturated heterocycles. The van der Waals surface area contributed by atoms with E-state index in [0.29, 0.717) is 19.4 Å². The molecule has 0 saturated carbocycles. The second-order valence-corrected chi connectivity index (χ2v) is 6.31. The van der Waals surface area contributed by atoms with Crippen molar-refractivity contribution in [1.82, 2.24) is 5.32 Å². The summed E-state index contributed by atoms with van der Waals surface area (Å²) in [5.74, 6) is 0.0958. The molecule has 0 bridgehead atoms. The molecule has 0 unspecified atom stereocenters. The Morgan fingerprint density at radius 2 is 1.92 bits per heavy atom. The van der Waals surface area contributed by atoms with Crippen molar-refractivity contribution in [2.45, 2.75) is 31.7 Å². The highest BCUT2D eigenvalue weighted by Crippen LogP contribution is 2.35. The highest BCUT2D eigenvalue weighted by Gasteiger charge is 2.29. The van der Waals surface area contributed by atoms with E-state index < -0.39 is 5.97 Å². The van der Waals surface area contributed by atoms with Crippen LogP contribution in [0.3, 0.4) is 0 Å². The summed E-state index contributed by atoms with van der Waals surface area (Å²) in [6.45, 7) is 2.58. The van der Waals surface area contributed by atoms with Crippen molar-refractivity contribution in [3.05, 3.63) is 65.2 Å². The lowest BCUT2D eigenvalue weighted by Gasteiger charge is -2.20. The van der Waals surface area contributed by atoms with E-state index in [2.05, 4.69) is 5.32 Å². The summed E-state index contributed by atoms with van der Waals surface area (Å²) >= 11 is 0. The van der Waals surface area contributed by atoms with Crippen LogP contribution in [0.2, 0.25) is 0 Å². The van der Waals surface area contributed by atoms with Crippen LogP contribution in [0.4, 0.5) is 0 Å². The molecule has 2 N–H and O–H groups in total. The number of carboxylic acid groups (broad SMARTS) is 1. The SMILES string of the molecule is C[C@@H](NC(=O)CCc1ccc(C(=O)O)cc1)[C@H]1COc2ccccc21. The Kier molecular flexibility index (Phi) is 5.03. The number of hydrogen-bond acceptors (Lipinski definition) is 3. The highest BCUT2D eigenvalue weighted by molar-refractivity contribution is 5.87. The molecule has 1 aliphatic rings. The zero-order chi connectivity index (χ0) is 17.8.